The summed E-state index contributed by atoms with van der Waals surface area (Å²) in [7, 11) is -3.88. The van der Waals surface area contributed by atoms with E-state index in [1.54, 1.807) is 48.8 Å². The van der Waals surface area contributed by atoms with E-state index >= 15 is 0 Å². The largest absolute Gasteiger partial charge is 0.489 e. The van der Waals surface area contributed by atoms with Gasteiger partial charge < -0.3 is 15.2 Å². The average Bonchev–Trinajstić information content (AvgIpc) is 3.44. The summed E-state index contributed by atoms with van der Waals surface area (Å²) < 4.78 is 37.7. The van der Waals surface area contributed by atoms with E-state index in [9.17, 15) is 18.3 Å². The molecule has 0 amide bonds. The monoisotopic (exact) mass is 633 g/mol. The molecule has 238 valence electrons. The van der Waals surface area contributed by atoms with Crippen LogP contribution in [0, 0.1) is 5.92 Å². The lowest BCUT2D eigenvalue weighted by Gasteiger charge is -2.27. The summed E-state index contributed by atoms with van der Waals surface area (Å²) in [5.41, 5.74) is 2.23. The van der Waals surface area contributed by atoms with E-state index in [1.165, 1.54) is 53.6 Å². The number of hydrogen-bond donors (Lipinski definition) is 3. The first kappa shape index (κ1) is 30.9. The van der Waals surface area contributed by atoms with Crippen LogP contribution in [0.4, 0.5) is 5.69 Å². The standard InChI is InChI=1S/C32H39N7O5S/c40-30(25-7-4-17-33-20-25)22-34-21-28-12-8-24-19-26(9-15-31(24)44-28)35-45(42,43)29-13-10-27(11-14-29)39-32(41)38(36-37-39)18-16-23-5-2-1-3-6-23/h4,7,9-11,13-15,17,19-20,23,28,30,34-35,40H,1-3,5-6,8,12,16,18,21-22H2. The molecule has 1 fully saturated rings. The fraction of sp³-hybridized carbons (Fsp3) is 0.438. The van der Waals surface area contributed by atoms with Crippen molar-refractivity contribution in [1.29, 1.82) is 0 Å². The molecule has 2 unspecified atom stereocenters. The third-order valence-electron chi connectivity index (χ3n) is 8.63. The molecule has 2 aliphatic rings. The number of aliphatic hydroxyl groups excluding tert-OH is 1. The zero-order valence-electron chi connectivity index (χ0n) is 25.1. The van der Waals surface area contributed by atoms with Gasteiger partial charge in [-0.3, -0.25) is 9.71 Å². The zero-order chi connectivity index (χ0) is 31.2. The van der Waals surface area contributed by atoms with Crippen LogP contribution in [-0.4, -0.2) is 57.5 Å². The Morgan fingerprint density at radius 2 is 1.84 bits per heavy atom. The van der Waals surface area contributed by atoms with E-state index in [0.717, 1.165) is 30.4 Å². The molecule has 0 saturated heterocycles. The molecule has 3 heterocycles. The Bertz CT molecular complexity index is 1740. The van der Waals surface area contributed by atoms with Gasteiger partial charge in [-0.2, -0.15) is 9.36 Å². The number of aromatic nitrogens is 5. The lowest BCUT2D eigenvalue weighted by molar-refractivity contribution is 0.146. The number of benzene rings is 2. The van der Waals surface area contributed by atoms with E-state index in [0.29, 0.717) is 42.7 Å². The average molecular weight is 634 g/mol. The molecule has 1 aliphatic carbocycles. The summed E-state index contributed by atoms with van der Waals surface area (Å²) in [6.07, 6.45) is 11.2. The molecule has 6 rings (SSSR count). The van der Waals surface area contributed by atoms with Crippen LogP contribution in [0.1, 0.15) is 62.2 Å². The van der Waals surface area contributed by atoms with Crippen molar-refractivity contribution in [1.82, 2.24) is 30.1 Å². The maximum atomic E-state index is 13.2. The minimum absolute atomic E-state index is 0.0642. The van der Waals surface area contributed by atoms with E-state index < -0.39 is 16.1 Å². The van der Waals surface area contributed by atoms with Crippen LogP contribution in [0.15, 0.2) is 76.7 Å². The Morgan fingerprint density at radius 3 is 2.62 bits per heavy atom. The first-order valence-electron chi connectivity index (χ1n) is 15.6. The molecule has 3 N–H and O–H groups in total. The van der Waals surface area contributed by atoms with Crippen molar-refractivity contribution >= 4 is 15.7 Å². The SMILES string of the molecule is O=c1n(CCC2CCCCC2)nnn1-c1ccc(S(=O)(=O)Nc2ccc3c(c2)CCC(CNCC(O)c2cccnc2)O3)cc1. The Morgan fingerprint density at radius 1 is 1.02 bits per heavy atom. The van der Waals surface area contributed by atoms with E-state index in [2.05, 4.69) is 25.4 Å². The van der Waals surface area contributed by atoms with Crippen LogP contribution in [0.5, 0.6) is 5.75 Å². The highest BCUT2D eigenvalue weighted by Crippen LogP contribution is 2.31. The van der Waals surface area contributed by atoms with Crippen molar-refractivity contribution in [3.63, 3.8) is 0 Å². The third-order valence-corrected chi connectivity index (χ3v) is 10.0. The molecule has 45 heavy (non-hydrogen) atoms. The molecule has 2 aromatic carbocycles. The first-order chi connectivity index (χ1) is 21.9. The summed E-state index contributed by atoms with van der Waals surface area (Å²) in [6.45, 7) is 1.49. The highest BCUT2D eigenvalue weighted by molar-refractivity contribution is 7.92. The summed E-state index contributed by atoms with van der Waals surface area (Å²) in [5.74, 6) is 1.34. The predicted molar refractivity (Wildman–Crippen MR) is 169 cm³/mol. The van der Waals surface area contributed by atoms with Gasteiger partial charge in [0.2, 0.25) is 0 Å². The second kappa shape index (κ2) is 13.9. The third kappa shape index (κ3) is 7.60. The number of aliphatic hydroxyl groups is 1. The zero-order valence-corrected chi connectivity index (χ0v) is 25.9. The molecular weight excluding hydrogens is 594 g/mol. The number of fused-ring (bicyclic) bond motifs is 1. The van der Waals surface area contributed by atoms with Gasteiger partial charge in [0.25, 0.3) is 10.0 Å². The minimum atomic E-state index is -3.88. The van der Waals surface area contributed by atoms with Crippen molar-refractivity contribution in [2.45, 2.75) is 75.0 Å². The van der Waals surface area contributed by atoms with Gasteiger partial charge >= 0.3 is 5.69 Å². The number of pyridine rings is 1. The predicted octanol–water partition coefficient (Wildman–Crippen LogP) is 3.61. The second-order valence-corrected chi connectivity index (χ2v) is 13.5. The lowest BCUT2D eigenvalue weighted by Crippen LogP contribution is -2.36. The first-order valence-corrected chi connectivity index (χ1v) is 17.1. The van der Waals surface area contributed by atoms with Crippen molar-refractivity contribution in [2.75, 3.05) is 17.8 Å². The molecule has 0 bridgehead atoms. The van der Waals surface area contributed by atoms with E-state index in [1.807, 2.05) is 6.07 Å². The minimum Gasteiger partial charge on any atom is -0.489 e. The highest BCUT2D eigenvalue weighted by atomic mass is 32.2. The van der Waals surface area contributed by atoms with Gasteiger partial charge in [0.15, 0.2) is 0 Å². The number of hydrogen-bond acceptors (Lipinski definition) is 9. The lowest BCUT2D eigenvalue weighted by atomic mass is 9.87. The van der Waals surface area contributed by atoms with Gasteiger partial charge in [-0.1, -0.05) is 38.2 Å². The molecule has 0 spiro atoms. The molecule has 0 radical (unpaired) electrons. The van der Waals surface area contributed by atoms with Crippen LogP contribution >= 0.6 is 0 Å². The van der Waals surface area contributed by atoms with Gasteiger partial charge in [0.1, 0.15) is 11.9 Å². The molecule has 12 nitrogen and oxygen atoms in total. The Hall–Kier alpha value is -4.07. The van der Waals surface area contributed by atoms with Crippen molar-refractivity contribution < 1.29 is 18.3 Å². The summed E-state index contributed by atoms with van der Waals surface area (Å²) in [5, 5.41) is 21.6. The topological polar surface area (TPSA) is 153 Å². The van der Waals surface area contributed by atoms with Crippen LogP contribution in [0.25, 0.3) is 5.69 Å². The van der Waals surface area contributed by atoms with Gasteiger partial charge in [0.05, 0.1) is 16.7 Å². The van der Waals surface area contributed by atoms with Gasteiger partial charge in [-0.15, -0.1) is 0 Å². The molecule has 4 aromatic rings. The number of rotatable bonds is 12. The summed E-state index contributed by atoms with van der Waals surface area (Å²) in [6, 6.07) is 14.9. The number of nitrogens with one attached hydrogen (secondary N) is 2. The maximum absolute atomic E-state index is 13.2. The Labute approximate surface area is 262 Å². The van der Waals surface area contributed by atoms with Gasteiger partial charge in [-0.05, 0) is 89.7 Å². The number of anilines is 1. The highest BCUT2D eigenvalue weighted by Gasteiger charge is 2.22. The van der Waals surface area contributed by atoms with Crippen molar-refractivity contribution in [3.8, 4) is 11.4 Å². The fourth-order valence-electron chi connectivity index (χ4n) is 6.06. The molecule has 1 saturated carbocycles. The van der Waals surface area contributed by atoms with E-state index in [4.69, 9.17) is 4.74 Å². The fourth-order valence-corrected chi connectivity index (χ4v) is 7.11. The van der Waals surface area contributed by atoms with Crippen LogP contribution in [0.2, 0.25) is 0 Å². The van der Waals surface area contributed by atoms with Crippen molar-refractivity contribution in [3.05, 3.63) is 88.6 Å². The number of nitrogens with zero attached hydrogens (tertiary/aromatic N) is 5. The molecule has 2 aromatic heterocycles. The number of ether oxygens (including phenoxy) is 1. The van der Waals surface area contributed by atoms with Crippen LogP contribution in [-0.2, 0) is 23.0 Å². The summed E-state index contributed by atoms with van der Waals surface area (Å²) >= 11 is 0. The van der Waals surface area contributed by atoms with Crippen LogP contribution in [0.3, 0.4) is 0 Å². The number of aryl methyl sites for hydroxylation is 2. The van der Waals surface area contributed by atoms with Crippen molar-refractivity contribution in [2.24, 2.45) is 5.92 Å². The molecular formula is C32H39N7O5S. The normalized spacial score (nSPS) is 17.8. The quantitative estimate of drug-likeness (QED) is 0.212. The second-order valence-electron chi connectivity index (χ2n) is 11.8. The Kier molecular flexibility index (Phi) is 9.57. The maximum Gasteiger partial charge on any atom is 0.368 e. The Balaban J connectivity index is 1.03. The molecule has 2 atom stereocenters. The molecule has 1 aliphatic heterocycles. The van der Waals surface area contributed by atoms with Gasteiger partial charge in [-0.25, -0.2) is 13.2 Å². The van der Waals surface area contributed by atoms with E-state index in [-0.39, 0.29) is 16.7 Å². The summed E-state index contributed by atoms with van der Waals surface area (Å²) in [4.78, 5) is 17.0. The molecule has 13 heteroatoms. The van der Waals surface area contributed by atoms with Crippen LogP contribution < -0.4 is 20.5 Å². The smallest absolute Gasteiger partial charge is 0.368 e. The van der Waals surface area contributed by atoms with Gasteiger partial charge in [0, 0.05) is 43.3 Å². The number of tetrazole rings is 1. The number of sulfonamides is 1.